The average molecular weight is 229 g/mol. The number of nitrogens with zero attached hydrogens (tertiary/aromatic N) is 2. The summed E-state index contributed by atoms with van der Waals surface area (Å²) < 4.78 is 0. The van der Waals surface area contributed by atoms with Gasteiger partial charge in [-0.3, -0.25) is 0 Å². The molecular formula is C15H21N2. The lowest BCUT2D eigenvalue weighted by molar-refractivity contribution is 0.202. The van der Waals surface area contributed by atoms with Crippen molar-refractivity contribution < 1.29 is 0 Å². The molecule has 1 aromatic rings. The van der Waals surface area contributed by atoms with Crippen LogP contribution in [0, 0.1) is 0 Å². The molecule has 0 bridgehead atoms. The molecule has 2 nitrogen and oxygen atoms in total. The Morgan fingerprint density at radius 3 is 2.82 bits per heavy atom. The van der Waals surface area contributed by atoms with E-state index in [0.29, 0.717) is 6.04 Å². The van der Waals surface area contributed by atoms with Gasteiger partial charge in [-0.15, -0.1) is 0 Å². The van der Waals surface area contributed by atoms with Crippen molar-refractivity contribution in [3.8, 4) is 0 Å². The second-order valence-electron chi connectivity index (χ2n) is 5.23. The van der Waals surface area contributed by atoms with Gasteiger partial charge in [0.05, 0.1) is 6.04 Å². The molecule has 0 saturated carbocycles. The van der Waals surface area contributed by atoms with Crippen molar-refractivity contribution >= 4 is 0 Å². The minimum atomic E-state index is 0.429. The van der Waals surface area contributed by atoms with Crippen molar-refractivity contribution in [3.05, 3.63) is 35.4 Å². The Morgan fingerprint density at radius 2 is 1.94 bits per heavy atom. The van der Waals surface area contributed by atoms with Gasteiger partial charge in [0.1, 0.15) is 0 Å². The highest BCUT2D eigenvalue weighted by molar-refractivity contribution is 5.32. The van der Waals surface area contributed by atoms with E-state index in [2.05, 4.69) is 29.2 Å². The number of hydrogen-bond donors (Lipinski definition) is 0. The van der Waals surface area contributed by atoms with Crippen molar-refractivity contribution in [2.24, 2.45) is 0 Å². The van der Waals surface area contributed by atoms with Crippen molar-refractivity contribution in [3.63, 3.8) is 0 Å². The fourth-order valence-electron chi connectivity index (χ4n) is 3.07. The van der Waals surface area contributed by atoms with Crippen LogP contribution in [0.3, 0.4) is 0 Å². The Labute approximate surface area is 104 Å². The topological polar surface area (TPSA) is 17.3 Å². The molecule has 3 rings (SSSR count). The Hall–Kier alpha value is -0.860. The maximum absolute atomic E-state index is 4.82. The van der Waals surface area contributed by atoms with Crippen LogP contribution in [0.1, 0.15) is 36.4 Å². The molecule has 2 aliphatic heterocycles. The average Bonchev–Trinajstić information content (AvgIpc) is 2.40. The third kappa shape index (κ3) is 2.53. The zero-order chi connectivity index (χ0) is 11.5. The molecule has 1 aromatic carbocycles. The number of piperidine rings is 1. The van der Waals surface area contributed by atoms with Crippen LogP contribution in [-0.2, 0) is 6.42 Å². The summed E-state index contributed by atoms with van der Waals surface area (Å²) in [6.45, 7) is 4.69. The molecule has 0 N–H and O–H groups in total. The van der Waals surface area contributed by atoms with Gasteiger partial charge >= 0.3 is 0 Å². The predicted molar refractivity (Wildman–Crippen MR) is 70.2 cm³/mol. The van der Waals surface area contributed by atoms with E-state index in [1.54, 1.807) is 0 Å². The van der Waals surface area contributed by atoms with E-state index < -0.39 is 0 Å². The van der Waals surface area contributed by atoms with E-state index in [-0.39, 0.29) is 0 Å². The van der Waals surface area contributed by atoms with Gasteiger partial charge in [-0.25, -0.2) is 5.32 Å². The molecule has 0 spiro atoms. The minimum absolute atomic E-state index is 0.429. The first kappa shape index (κ1) is 11.2. The molecule has 0 aliphatic carbocycles. The summed E-state index contributed by atoms with van der Waals surface area (Å²) in [5.74, 6) is 0. The molecule has 0 unspecified atom stereocenters. The zero-order valence-corrected chi connectivity index (χ0v) is 10.4. The van der Waals surface area contributed by atoms with Gasteiger partial charge in [0, 0.05) is 13.1 Å². The van der Waals surface area contributed by atoms with Crippen LogP contribution in [0.2, 0.25) is 0 Å². The molecule has 0 aromatic heterocycles. The first-order valence-corrected chi connectivity index (χ1v) is 6.90. The molecule has 1 fully saturated rings. The van der Waals surface area contributed by atoms with Crippen LogP contribution >= 0.6 is 0 Å². The van der Waals surface area contributed by atoms with Crippen LogP contribution in [0.4, 0.5) is 0 Å². The maximum atomic E-state index is 4.82. The molecule has 2 aliphatic rings. The molecule has 17 heavy (non-hydrogen) atoms. The van der Waals surface area contributed by atoms with Crippen molar-refractivity contribution in [2.75, 3.05) is 26.2 Å². The smallest absolute Gasteiger partial charge is 0.0625 e. The van der Waals surface area contributed by atoms with Crippen molar-refractivity contribution in [1.29, 1.82) is 0 Å². The zero-order valence-electron chi connectivity index (χ0n) is 10.4. The van der Waals surface area contributed by atoms with Crippen LogP contribution in [0.15, 0.2) is 24.3 Å². The van der Waals surface area contributed by atoms with E-state index >= 15 is 0 Å². The molecular weight excluding hydrogens is 208 g/mol. The van der Waals surface area contributed by atoms with Crippen molar-refractivity contribution in [2.45, 2.75) is 31.7 Å². The van der Waals surface area contributed by atoms with Gasteiger partial charge < -0.3 is 4.90 Å². The Bertz CT molecular complexity index is 369. The highest BCUT2D eigenvalue weighted by atomic mass is 15.2. The molecule has 91 valence electrons. The highest BCUT2D eigenvalue weighted by Crippen LogP contribution is 2.25. The van der Waals surface area contributed by atoms with Crippen LogP contribution < -0.4 is 5.32 Å². The van der Waals surface area contributed by atoms with E-state index in [1.165, 1.54) is 43.5 Å². The summed E-state index contributed by atoms with van der Waals surface area (Å²) in [4.78, 5) is 2.60. The standard InChI is InChI=1S/C15H21N2/c1-4-10-17(11-5-1)12-15-14-7-3-2-6-13(14)8-9-16-15/h2-3,6-7,15H,1,4-5,8-12H2/t15-/m1/s1. The Balaban J connectivity index is 1.71. The molecule has 2 heteroatoms. The fourth-order valence-corrected chi connectivity index (χ4v) is 3.07. The Morgan fingerprint density at radius 1 is 1.12 bits per heavy atom. The monoisotopic (exact) mass is 229 g/mol. The molecule has 1 radical (unpaired) electrons. The lowest BCUT2D eigenvalue weighted by atomic mass is 9.93. The third-order valence-corrected chi connectivity index (χ3v) is 4.02. The number of hydrogen-bond acceptors (Lipinski definition) is 1. The fraction of sp³-hybridized carbons (Fsp3) is 0.600. The quantitative estimate of drug-likeness (QED) is 0.761. The van der Waals surface area contributed by atoms with E-state index in [4.69, 9.17) is 5.32 Å². The largest absolute Gasteiger partial charge is 0.301 e. The summed E-state index contributed by atoms with van der Waals surface area (Å²) in [6, 6.07) is 9.28. The summed E-state index contributed by atoms with van der Waals surface area (Å²) in [6.07, 6.45) is 5.28. The van der Waals surface area contributed by atoms with E-state index in [9.17, 15) is 0 Å². The van der Waals surface area contributed by atoms with Gasteiger partial charge in [-0.05, 0) is 43.5 Å². The van der Waals surface area contributed by atoms with Crippen LogP contribution in [0.25, 0.3) is 0 Å². The maximum Gasteiger partial charge on any atom is 0.0625 e. The van der Waals surface area contributed by atoms with E-state index in [0.717, 1.165) is 19.5 Å². The lowest BCUT2D eigenvalue weighted by Gasteiger charge is -2.33. The van der Waals surface area contributed by atoms with Gasteiger partial charge in [-0.2, -0.15) is 0 Å². The lowest BCUT2D eigenvalue weighted by Crippen LogP contribution is -2.38. The summed E-state index contributed by atoms with van der Waals surface area (Å²) in [5, 5.41) is 4.82. The van der Waals surface area contributed by atoms with E-state index in [1.807, 2.05) is 0 Å². The first-order valence-electron chi connectivity index (χ1n) is 6.90. The highest BCUT2D eigenvalue weighted by Gasteiger charge is 2.23. The second-order valence-corrected chi connectivity index (χ2v) is 5.23. The van der Waals surface area contributed by atoms with Crippen molar-refractivity contribution in [1.82, 2.24) is 10.2 Å². The van der Waals surface area contributed by atoms with Gasteiger partial charge in [0.25, 0.3) is 0 Å². The van der Waals surface area contributed by atoms with Gasteiger partial charge in [0.15, 0.2) is 0 Å². The summed E-state index contributed by atoms with van der Waals surface area (Å²) in [5.41, 5.74) is 2.99. The van der Waals surface area contributed by atoms with Crippen LogP contribution in [0.5, 0.6) is 0 Å². The number of fused-ring (bicyclic) bond motifs is 1. The first-order chi connectivity index (χ1) is 8.43. The predicted octanol–water partition coefficient (Wildman–Crippen LogP) is 2.37. The minimum Gasteiger partial charge on any atom is -0.301 e. The normalized spacial score (nSPS) is 25.5. The third-order valence-electron chi connectivity index (χ3n) is 4.02. The molecule has 1 saturated heterocycles. The number of likely N-dealkylation sites (tertiary alicyclic amines) is 1. The summed E-state index contributed by atoms with van der Waals surface area (Å²) >= 11 is 0. The SMILES string of the molecule is c1ccc2c(c1)CC[N][C@@H]2CN1CCCCC1. The molecule has 1 atom stereocenters. The molecule has 0 amide bonds. The van der Waals surface area contributed by atoms with Gasteiger partial charge in [-0.1, -0.05) is 30.7 Å². The Kier molecular flexibility index (Phi) is 3.44. The van der Waals surface area contributed by atoms with Crippen LogP contribution in [-0.4, -0.2) is 31.1 Å². The van der Waals surface area contributed by atoms with Gasteiger partial charge in [0.2, 0.25) is 0 Å². The second kappa shape index (κ2) is 5.19. The number of benzene rings is 1. The number of rotatable bonds is 2. The summed E-state index contributed by atoms with van der Waals surface area (Å²) in [7, 11) is 0. The molecule has 2 heterocycles.